The lowest BCUT2D eigenvalue weighted by Gasteiger charge is -2.10. The molecule has 9 heteroatoms. The van der Waals surface area contributed by atoms with Crippen LogP contribution in [0.25, 0.3) is 0 Å². The normalized spacial score (nSPS) is 11.0. The maximum Gasteiger partial charge on any atom is 0.252 e. The monoisotopic (exact) mass is 386 g/mol. The van der Waals surface area contributed by atoms with Crippen molar-refractivity contribution in [2.45, 2.75) is 0 Å². The summed E-state index contributed by atoms with van der Waals surface area (Å²) in [6, 6.07) is 9.75. The molecule has 0 aromatic heterocycles. The van der Waals surface area contributed by atoms with Crippen LogP contribution in [0.5, 0.6) is 5.75 Å². The summed E-state index contributed by atoms with van der Waals surface area (Å²) >= 11 is 6.01. The Bertz CT molecular complexity index is 857. The van der Waals surface area contributed by atoms with Gasteiger partial charge < -0.3 is 10.1 Å². The minimum absolute atomic E-state index is 0.116. The molecule has 0 bridgehead atoms. The number of benzene rings is 2. The molecule has 0 unspecified atom stereocenters. The van der Waals surface area contributed by atoms with Gasteiger partial charge in [0.05, 0.1) is 23.4 Å². The zero-order valence-electron chi connectivity index (χ0n) is 13.3. The summed E-state index contributed by atoms with van der Waals surface area (Å²) in [4.78, 5) is 12.1. The molecule has 0 aliphatic rings. The van der Waals surface area contributed by atoms with Crippen LogP contribution >= 0.6 is 11.6 Å². The molecule has 0 aliphatic carbocycles. The van der Waals surface area contributed by atoms with E-state index in [-0.39, 0.29) is 35.2 Å². The van der Waals surface area contributed by atoms with Crippen molar-refractivity contribution in [3.63, 3.8) is 0 Å². The summed E-state index contributed by atoms with van der Waals surface area (Å²) in [5, 5.41) is 2.74. The molecule has 0 saturated carbocycles. The molecule has 0 aliphatic heterocycles. The third kappa shape index (κ3) is 6.24. The van der Waals surface area contributed by atoms with E-state index in [2.05, 4.69) is 10.0 Å². The van der Waals surface area contributed by atoms with E-state index in [1.165, 1.54) is 42.5 Å². The highest BCUT2D eigenvalue weighted by Crippen LogP contribution is 2.21. The molecular weight excluding hydrogens is 371 g/mol. The van der Waals surface area contributed by atoms with Crippen molar-refractivity contribution in [1.29, 1.82) is 0 Å². The number of anilines is 1. The zero-order valence-corrected chi connectivity index (χ0v) is 14.8. The summed E-state index contributed by atoms with van der Waals surface area (Å²) < 4.78 is 42.7. The van der Waals surface area contributed by atoms with E-state index in [9.17, 15) is 17.6 Å². The van der Waals surface area contributed by atoms with Gasteiger partial charge in [-0.2, -0.15) is 0 Å². The number of nitrogens with one attached hydrogen (secondary N) is 2. The van der Waals surface area contributed by atoms with Crippen molar-refractivity contribution in [1.82, 2.24) is 5.32 Å². The predicted octanol–water partition coefficient (Wildman–Crippen LogP) is 2.66. The summed E-state index contributed by atoms with van der Waals surface area (Å²) in [6.07, 6.45) is 1.02. The Hall–Kier alpha value is -2.32. The Morgan fingerprint density at radius 2 is 1.88 bits per heavy atom. The number of hydrogen-bond donors (Lipinski definition) is 2. The van der Waals surface area contributed by atoms with Crippen molar-refractivity contribution in [3.05, 3.63) is 58.9 Å². The molecule has 0 heterocycles. The molecule has 0 fully saturated rings. The van der Waals surface area contributed by atoms with Crippen molar-refractivity contribution in [2.24, 2.45) is 0 Å². The van der Waals surface area contributed by atoms with Crippen LogP contribution in [0.1, 0.15) is 10.4 Å². The number of carbonyl (C=O) groups excluding carboxylic acids is 1. The quantitative estimate of drug-likeness (QED) is 0.716. The summed E-state index contributed by atoms with van der Waals surface area (Å²) in [6.45, 7) is 0.415. The SMILES string of the molecule is CS(=O)(=O)Nc1ccc(C(=O)NCCOc2ccc(F)cc2)c(Cl)c1. The van der Waals surface area contributed by atoms with E-state index < -0.39 is 15.9 Å². The number of carbonyl (C=O) groups is 1. The molecule has 2 N–H and O–H groups in total. The third-order valence-electron chi connectivity index (χ3n) is 2.99. The molecular formula is C16H16ClFN2O4S. The lowest BCUT2D eigenvalue weighted by molar-refractivity contribution is 0.0947. The van der Waals surface area contributed by atoms with E-state index >= 15 is 0 Å². The van der Waals surface area contributed by atoms with Crippen LogP contribution in [-0.2, 0) is 10.0 Å². The standard InChI is InChI=1S/C16H16ClFN2O4S/c1-25(22,23)20-12-4-7-14(15(17)10-12)16(21)19-8-9-24-13-5-2-11(18)3-6-13/h2-7,10,20H,8-9H2,1H3,(H,19,21). The highest BCUT2D eigenvalue weighted by molar-refractivity contribution is 7.92. The van der Waals surface area contributed by atoms with Crippen LogP contribution in [0.4, 0.5) is 10.1 Å². The first-order valence-corrected chi connectivity index (χ1v) is 9.45. The maximum atomic E-state index is 12.8. The predicted molar refractivity (Wildman–Crippen MR) is 94.1 cm³/mol. The highest BCUT2D eigenvalue weighted by Gasteiger charge is 2.12. The minimum atomic E-state index is -3.42. The van der Waals surface area contributed by atoms with Gasteiger partial charge in [-0.25, -0.2) is 12.8 Å². The second-order valence-corrected chi connectivity index (χ2v) is 7.28. The number of ether oxygens (including phenoxy) is 1. The lowest BCUT2D eigenvalue weighted by atomic mass is 10.2. The van der Waals surface area contributed by atoms with E-state index in [0.717, 1.165) is 6.26 Å². The van der Waals surface area contributed by atoms with Gasteiger partial charge in [0, 0.05) is 5.69 Å². The maximum absolute atomic E-state index is 12.8. The zero-order chi connectivity index (χ0) is 18.4. The molecule has 0 atom stereocenters. The number of halogens is 2. The van der Waals surface area contributed by atoms with Gasteiger partial charge in [-0.1, -0.05) is 11.6 Å². The Morgan fingerprint density at radius 1 is 1.20 bits per heavy atom. The largest absolute Gasteiger partial charge is 0.492 e. The number of hydrogen-bond acceptors (Lipinski definition) is 4. The Balaban J connectivity index is 1.87. The van der Waals surface area contributed by atoms with Crippen LogP contribution in [0.2, 0.25) is 5.02 Å². The van der Waals surface area contributed by atoms with E-state index in [1.807, 2.05) is 0 Å². The molecule has 0 radical (unpaired) electrons. The second kappa shape index (κ2) is 8.17. The fraction of sp³-hybridized carbons (Fsp3) is 0.188. The Kier molecular flexibility index (Phi) is 6.22. The first kappa shape index (κ1) is 19.0. The van der Waals surface area contributed by atoms with Crippen LogP contribution in [0, 0.1) is 5.82 Å². The van der Waals surface area contributed by atoms with Gasteiger partial charge in [-0.3, -0.25) is 9.52 Å². The summed E-state index contributed by atoms with van der Waals surface area (Å²) in [7, 11) is -3.42. The highest BCUT2D eigenvalue weighted by atomic mass is 35.5. The molecule has 0 saturated heterocycles. The summed E-state index contributed by atoms with van der Waals surface area (Å²) in [5.74, 6) is -0.285. The molecule has 2 aromatic rings. The van der Waals surface area contributed by atoms with Gasteiger partial charge in [-0.05, 0) is 42.5 Å². The van der Waals surface area contributed by atoms with Crippen LogP contribution in [0.3, 0.4) is 0 Å². The van der Waals surface area contributed by atoms with Gasteiger partial charge in [0.2, 0.25) is 10.0 Å². The topological polar surface area (TPSA) is 84.5 Å². The average molecular weight is 387 g/mol. The Morgan fingerprint density at radius 3 is 2.48 bits per heavy atom. The van der Waals surface area contributed by atoms with Crippen molar-refractivity contribution < 1.29 is 22.3 Å². The average Bonchev–Trinajstić information content (AvgIpc) is 2.51. The second-order valence-electron chi connectivity index (χ2n) is 5.13. The number of sulfonamides is 1. The van der Waals surface area contributed by atoms with Crippen molar-refractivity contribution in [3.8, 4) is 5.75 Å². The van der Waals surface area contributed by atoms with Gasteiger partial charge in [-0.15, -0.1) is 0 Å². The first-order chi connectivity index (χ1) is 11.7. The van der Waals surface area contributed by atoms with Gasteiger partial charge in [0.1, 0.15) is 18.2 Å². The lowest BCUT2D eigenvalue weighted by Crippen LogP contribution is -2.28. The van der Waals surface area contributed by atoms with Crippen molar-refractivity contribution >= 4 is 33.2 Å². The third-order valence-corrected chi connectivity index (χ3v) is 3.91. The molecule has 25 heavy (non-hydrogen) atoms. The van der Waals surface area contributed by atoms with Gasteiger partial charge >= 0.3 is 0 Å². The Labute approximate surface area is 150 Å². The number of rotatable bonds is 7. The van der Waals surface area contributed by atoms with Gasteiger partial charge in [0.25, 0.3) is 5.91 Å². The molecule has 134 valence electrons. The molecule has 2 rings (SSSR count). The smallest absolute Gasteiger partial charge is 0.252 e. The fourth-order valence-electron chi connectivity index (χ4n) is 1.94. The molecule has 6 nitrogen and oxygen atoms in total. The van der Waals surface area contributed by atoms with E-state index in [4.69, 9.17) is 16.3 Å². The van der Waals surface area contributed by atoms with Crippen LogP contribution < -0.4 is 14.8 Å². The fourth-order valence-corrected chi connectivity index (χ4v) is 2.76. The van der Waals surface area contributed by atoms with Crippen LogP contribution in [-0.4, -0.2) is 33.7 Å². The summed E-state index contributed by atoms with van der Waals surface area (Å²) in [5.41, 5.74) is 0.478. The minimum Gasteiger partial charge on any atom is -0.492 e. The number of amides is 1. The first-order valence-electron chi connectivity index (χ1n) is 7.18. The van der Waals surface area contributed by atoms with Crippen LogP contribution in [0.15, 0.2) is 42.5 Å². The van der Waals surface area contributed by atoms with E-state index in [0.29, 0.717) is 5.75 Å². The van der Waals surface area contributed by atoms with Gasteiger partial charge in [0.15, 0.2) is 0 Å². The molecule has 2 aromatic carbocycles. The van der Waals surface area contributed by atoms with E-state index in [1.54, 1.807) is 0 Å². The van der Waals surface area contributed by atoms with Crippen molar-refractivity contribution in [2.75, 3.05) is 24.1 Å². The molecule has 1 amide bonds. The molecule has 0 spiro atoms.